The predicted molar refractivity (Wildman–Crippen MR) is 92.4 cm³/mol. The molecule has 0 radical (unpaired) electrons. The van der Waals surface area contributed by atoms with Gasteiger partial charge in [-0.05, 0) is 50.9 Å². The average Bonchev–Trinajstić information content (AvgIpc) is 2.86. The molecule has 0 aliphatic heterocycles. The molecule has 2 aliphatic rings. The lowest BCUT2D eigenvalue weighted by atomic mass is 9.78. The SMILES string of the molecule is CCCC1CCC(c2nnn3cnc4c(c23)C=CCCC4)CC1. The molecule has 0 atom stereocenters. The van der Waals surface area contributed by atoms with Crippen LogP contribution in [0.1, 0.15) is 81.2 Å². The first kappa shape index (κ1) is 14.9. The van der Waals surface area contributed by atoms with E-state index in [2.05, 4.69) is 34.4 Å². The molecule has 0 amide bonds. The highest BCUT2D eigenvalue weighted by Gasteiger charge is 2.27. The molecule has 0 saturated heterocycles. The van der Waals surface area contributed by atoms with Crippen molar-refractivity contribution in [3.8, 4) is 0 Å². The van der Waals surface area contributed by atoms with Crippen molar-refractivity contribution in [1.82, 2.24) is 19.8 Å². The van der Waals surface area contributed by atoms with Crippen LogP contribution in [0.2, 0.25) is 0 Å². The van der Waals surface area contributed by atoms with Crippen LogP contribution in [0.3, 0.4) is 0 Å². The Bertz CT molecular complexity index is 707. The summed E-state index contributed by atoms with van der Waals surface area (Å²) in [4.78, 5) is 4.61. The molecule has 0 spiro atoms. The first-order chi connectivity index (χ1) is 11.4. The number of nitrogens with zero attached hydrogens (tertiary/aromatic N) is 4. The van der Waals surface area contributed by atoms with E-state index in [4.69, 9.17) is 0 Å². The van der Waals surface area contributed by atoms with Crippen molar-refractivity contribution in [2.24, 2.45) is 5.92 Å². The molecule has 23 heavy (non-hydrogen) atoms. The van der Waals surface area contributed by atoms with Crippen LogP contribution in [0, 0.1) is 5.92 Å². The first-order valence-electron chi connectivity index (χ1n) is 9.26. The summed E-state index contributed by atoms with van der Waals surface area (Å²) in [5.41, 5.74) is 4.91. The van der Waals surface area contributed by atoms with E-state index in [0.717, 1.165) is 18.8 Å². The Morgan fingerprint density at radius 3 is 2.91 bits per heavy atom. The highest BCUT2D eigenvalue weighted by Crippen LogP contribution is 2.39. The molecule has 4 heteroatoms. The number of hydrogen-bond acceptors (Lipinski definition) is 3. The Morgan fingerprint density at radius 1 is 1.22 bits per heavy atom. The second kappa shape index (κ2) is 6.42. The number of rotatable bonds is 3. The molecule has 0 aromatic carbocycles. The maximum absolute atomic E-state index is 4.61. The standard InChI is InChI=1S/C19H26N4/c1-2-6-14-9-11-15(12-10-14)18-19-16-7-4-3-5-8-17(16)20-13-23(19)22-21-18/h4,7,13-15H,2-3,5-6,8-12H2,1H3. The van der Waals surface area contributed by atoms with Crippen LogP contribution in [0.15, 0.2) is 12.4 Å². The molecule has 0 unspecified atom stereocenters. The third-order valence-corrected chi connectivity index (χ3v) is 5.61. The van der Waals surface area contributed by atoms with E-state index in [-0.39, 0.29) is 0 Å². The van der Waals surface area contributed by atoms with Crippen LogP contribution < -0.4 is 0 Å². The van der Waals surface area contributed by atoms with Gasteiger partial charge in [0.1, 0.15) is 11.8 Å². The minimum Gasteiger partial charge on any atom is -0.241 e. The normalized spacial score (nSPS) is 24.6. The van der Waals surface area contributed by atoms with E-state index in [1.54, 1.807) is 0 Å². The fraction of sp³-hybridized carbons (Fsp3) is 0.632. The summed E-state index contributed by atoms with van der Waals surface area (Å²) in [6.07, 6.45) is 17.7. The lowest BCUT2D eigenvalue weighted by Gasteiger charge is -2.27. The molecule has 0 N–H and O–H groups in total. The van der Waals surface area contributed by atoms with E-state index in [9.17, 15) is 0 Å². The minimum atomic E-state index is 0.573. The molecule has 2 aliphatic carbocycles. The van der Waals surface area contributed by atoms with Gasteiger partial charge in [0.15, 0.2) is 0 Å². The highest BCUT2D eigenvalue weighted by molar-refractivity contribution is 5.73. The van der Waals surface area contributed by atoms with Crippen molar-refractivity contribution < 1.29 is 0 Å². The van der Waals surface area contributed by atoms with Gasteiger partial charge in [0, 0.05) is 11.5 Å². The zero-order valence-electron chi connectivity index (χ0n) is 14.0. The van der Waals surface area contributed by atoms with E-state index in [1.165, 1.54) is 67.4 Å². The van der Waals surface area contributed by atoms with Crippen molar-refractivity contribution in [3.63, 3.8) is 0 Å². The molecule has 1 fully saturated rings. The molecule has 2 aromatic heterocycles. The van der Waals surface area contributed by atoms with E-state index >= 15 is 0 Å². The summed E-state index contributed by atoms with van der Waals surface area (Å²) in [7, 11) is 0. The lowest BCUT2D eigenvalue weighted by Crippen LogP contribution is -2.14. The maximum Gasteiger partial charge on any atom is 0.119 e. The summed E-state index contributed by atoms with van der Waals surface area (Å²) in [5.74, 6) is 1.50. The zero-order valence-corrected chi connectivity index (χ0v) is 14.0. The molecular weight excluding hydrogens is 284 g/mol. The Morgan fingerprint density at radius 2 is 2.09 bits per heavy atom. The van der Waals surface area contributed by atoms with Gasteiger partial charge in [0.2, 0.25) is 0 Å². The van der Waals surface area contributed by atoms with Crippen molar-refractivity contribution in [2.75, 3.05) is 0 Å². The molecule has 2 heterocycles. The Kier molecular flexibility index (Phi) is 4.15. The lowest BCUT2D eigenvalue weighted by molar-refractivity contribution is 0.306. The number of fused-ring (bicyclic) bond motifs is 3. The van der Waals surface area contributed by atoms with Gasteiger partial charge in [-0.3, -0.25) is 0 Å². The Balaban J connectivity index is 1.68. The summed E-state index contributed by atoms with van der Waals surface area (Å²) < 4.78 is 1.89. The quantitative estimate of drug-likeness (QED) is 0.835. The summed E-state index contributed by atoms with van der Waals surface area (Å²) in [6.45, 7) is 2.30. The van der Waals surface area contributed by atoms with Gasteiger partial charge in [-0.1, -0.05) is 37.1 Å². The molecular formula is C19H26N4. The van der Waals surface area contributed by atoms with Crippen LogP contribution in [0.5, 0.6) is 0 Å². The summed E-state index contributed by atoms with van der Waals surface area (Å²) >= 11 is 0. The zero-order chi connectivity index (χ0) is 15.6. The number of aryl methyl sites for hydroxylation is 1. The largest absolute Gasteiger partial charge is 0.241 e. The first-order valence-corrected chi connectivity index (χ1v) is 9.26. The molecule has 4 nitrogen and oxygen atoms in total. The number of hydrogen-bond donors (Lipinski definition) is 0. The molecule has 4 rings (SSSR count). The van der Waals surface area contributed by atoms with Crippen molar-refractivity contribution in [1.29, 1.82) is 0 Å². The van der Waals surface area contributed by atoms with Gasteiger partial charge in [0.25, 0.3) is 0 Å². The second-order valence-corrected chi connectivity index (χ2v) is 7.17. The monoisotopic (exact) mass is 310 g/mol. The van der Waals surface area contributed by atoms with Crippen LogP contribution in [0.25, 0.3) is 11.6 Å². The second-order valence-electron chi connectivity index (χ2n) is 7.17. The van der Waals surface area contributed by atoms with Crippen LogP contribution in [-0.2, 0) is 6.42 Å². The Hall–Kier alpha value is -1.71. The van der Waals surface area contributed by atoms with Gasteiger partial charge in [-0.25, -0.2) is 9.50 Å². The number of aromatic nitrogens is 4. The molecule has 2 aromatic rings. The predicted octanol–water partition coefficient (Wildman–Crippen LogP) is 4.55. The van der Waals surface area contributed by atoms with Crippen molar-refractivity contribution in [3.05, 3.63) is 29.4 Å². The fourth-order valence-electron chi connectivity index (χ4n) is 4.35. The van der Waals surface area contributed by atoms with Gasteiger partial charge >= 0.3 is 0 Å². The van der Waals surface area contributed by atoms with Crippen LogP contribution >= 0.6 is 0 Å². The smallest absolute Gasteiger partial charge is 0.119 e. The van der Waals surface area contributed by atoms with E-state index in [0.29, 0.717) is 5.92 Å². The van der Waals surface area contributed by atoms with Gasteiger partial charge in [-0.2, -0.15) is 0 Å². The molecule has 122 valence electrons. The van der Waals surface area contributed by atoms with Gasteiger partial charge in [-0.15, -0.1) is 5.10 Å². The fourth-order valence-corrected chi connectivity index (χ4v) is 4.35. The minimum absolute atomic E-state index is 0.573. The van der Waals surface area contributed by atoms with Gasteiger partial charge in [0.05, 0.1) is 11.4 Å². The van der Waals surface area contributed by atoms with Crippen molar-refractivity contribution in [2.45, 2.75) is 70.6 Å². The average molecular weight is 310 g/mol. The molecule has 1 saturated carbocycles. The summed E-state index contributed by atoms with van der Waals surface area (Å²) in [5, 5.41) is 8.93. The third kappa shape index (κ3) is 2.79. The highest BCUT2D eigenvalue weighted by atomic mass is 15.4. The topological polar surface area (TPSA) is 43.1 Å². The number of allylic oxidation sites excluding steroid dienone is 1. The van der Waals surface area contributed by atoms with E-state index in [1.807, 2.05) is 10.8 Å². The Labute approximate surface area is 138 Å². The maximum atomic E-state index is 4.61. The van der Waals surface area contributed by atoms with E-state index < -0.39 is 0 Å². The third-order valence-electron chi connectivity index (χ3n) is 5.61. The van der Waals surface area contributed by atoms with Gasteiger partial charge < -0.3 is 0 Å². The van der Waals surface area contributed by atoms with Crippen LogP contribution in [0.4, 0.5) is 0 Å². The van der Waals surface area contributed by atoms with Crippen LogP contribution in [-0.4, -0.2) is 19.8 Å². The molecule has 0 bridgehead atoms. The summed E-state index contributed by atoms with van der Waals surface area (Å²) in [6, 6.07) is 0. The van der Waals surface area contributed by atoms with Crippen molar-refractivity contribution >= 4 is 11.6 Å².